The minimum absolute atomic E-state index is 0.0197. The number of amides is 2. The molecular weight excluding hydrogens is 419 g/mol. The molecule has 2 aliphatic rings. The molecule has 6 nitrogen and oxygen atoms in total. The van der Waals surface area contributed by atoms with Gasteiger partial charge in [-0.25, -0.2) is 9.18 Å². The van der Waals surface area contributed by atoms with Crippen LogP contribution in [0.4, 0.5) is 10.1 Å². The Balaban J connectivity index is 1.60. The standard InChI is InChI=1S/C19H14BrFN2O4/c20-10-5-6-14(13(21)9-10)22-17(25)15-7-8-16(24)23(15)18-11-3-1-2-4-12(11)19(26)27-18/h1-6,9,15,18H,7-8H2,(H,22,25)/t15-,18+/m1/s1. The Kier molecular flexibility index (Phi) is 4.43. The molecule has 0 saturated carbocycles. The van der Waals surface area contributed by atoms with E-state index in [1.54, 1.807) is 30.3 Å². The van der Waals surface area contributed by atoms with E-state index >= 15 is 0 Å². The summed E-state index contributed by atoms with van der Waals surface area (Å²) in [7, 11) is 0. The molecule has 2 aliphatic heterocycles. The van der Waals surface area contributed by atoms with Gasteiger partial charge < -0.3 is 10.1 Å². The van der Waals surface area contributed by atoms with Gasteiger partial charge in [-0.3, -0.25) is 14.5 Å². The van der Waals surface area contributed by atoms with E-state index in [1.807, 2.05) is 0 Å². The van der Waals surface area contributed by atoms with Gasteiger partial charge in [0.2, 0.25) is 18.0 Å². The number of hydrogen-bond acceptors (Lipinski definition) is 4. The largest absolute Gasteiger partial charge is 0.433 e. The summed E-state index contributed by atoms with van der Waals surface area (Å²) in [6.07, 6.45) is -0.537. The van der Waals surface area contributed by atoms with E-state index in [1.165, 1.54) is 17.0 Å². The number of anilines is 1. The van der Waals surface area contributed by atoms with Gasteiger partial charge >= 0.3 is 5.97 Å². The molecule has 1 saturated heterocycles. The highest BCUT2D eigenvalue weighted by molar-refractivity contribution is 9.10. The molecule has 27 heavy (non-hydrogen) atoms. The number of carbonyl (C=O) groups is 3. The van der Waals surface area contributed by atoms with E-state index in [0.717, 1.165) is 0 Å². The van der Waals surface area contributed by atoms with Gasteiger partial charge in [0, 0.05) is 16.5 Å². The number of esters is 1. The van der Waals surface area contributed by atoms with Crippen LogP contribution in [0, 0.1) is 5.82 Å². The SMILES string of the molecule is O=C1O[C@H](N2C(=O)CC[C@@H]2C(=O)Nc2ccc(Br)cc2F)c2ccccc21. The van der Waals surface area contributed by atoms with Crippen molar-refractivity contribution in [1.82, 2.24) is 4.90 Å². The van der Waals surface area contributed by atoms with Crippen molar-refractivity contribution in [2.24, 2.45) is 0 Å². The number of nitrogens with one attached hydrogen (secondary N) is 1. The lowest BCUT2D eigenvalue weighted by Gasteiger charge is -2.29. The maximum atomic E-state index is 14.0. The third-order valence-electron chi connectivity index (χ3n) is 4.67. The third kappa shape index (κ3) is 3.10. The summed E-state index contributed by atoms with van der Waals surface area (Å²) in [6.45, 7) is 0. The number of carbonyl (C=O) groups excluding carboxylic acids is 3. The van der Waals surface area contributed by atoms with Gasteiger partial charge in [-0.1, -0.05) is 34.1 Å². The number of likely N-dealkylation sites (tertiary alicyclic amines) is 1. The summed E-state index contributed by atoms with van der Waals surface area (Å²) in [5.41, 5.74) is 0.942. The lowest BCUT2D eigenvalue weighted by molar-refractivity contribution is -0.144. The van der Waals surface area contributed by atoms with Gasteiger partial charge in [0.05, 0.1) is 11.3 Å². The monoisotopic (exact) mass is 432 g/mol. The summed E-state index contributed by atoms with van der Waals surface area (Å²) in [5, 5.41) is 2.52. The zero-order chi connectivity index (χ0) is 19.1. The van der Waals surface area contributed by atoms with Crippen molar-refractivity contribution in [2.75, 3.05) is 5.32 Å². The predicted octanol–water partition coefficient (Wildman–Crippen LogP) is 3.39. The Morgan fingerprint density at radius 1 is 1.22 bits per heavy atom. The quantitative estimate of drug-likeness (QED) is 0.754. The van der Waals surface area contributed by atoms with Crippen molar-refractivity contribution in [2.45, 2.75) is 25.1 Å². The Morgan fingerprint density at radius 3 is 2.78 bits per heavy atom. The van der Waals surface area contributed by atoms with E-state index < -0.39 is 30.0 Å². The Morgan fingerprint density at radius 2 is 2.00 bits per heavy atom. The first kappa shape index (κ1) is 17.7. The number of cyclic esters (lactones) is 1. The summed E-state index contributed by atoms with van der Waals surface area (Å²) < 4.78 is 19.9. The lowest BCUT2D eigenvalue weighted by Crippen LogP contribution is -2.44. The van der Waals surface area contributed by atoms with Crippen LogP contribution < -0.4 is 5.32 Å². The fourth-order valence-corrected chi connectivity index (χ4v) is 3.73. The highest BCUT2D eigenvalue weighted by atomic mass is 79.9. The molecule has 2 heterocycles. The summed E-state index contributed by atoms with van der Waals surface area (Å²) in [4.78, 5) is 38.5. The number of halogens is 2. The van der Waals surface area contributed by atoms with E-state index in [0.29, 0.717) is 15.6 Å². The summed E-state index contributed by atoms with van der Waals surface area (Å²) in [5.74, 6) is -1.94. The average molecular weight is 433 g/mol. The van der Waals surface area contributed by atoms with Crippen molar-refractivity contribution in [1.29, 1.82) is 0 Å². The number of hydrogen-bond donors (Lipinski definition) is 1. The van der Waals surface area contributed by atoms with Crippen LogP contribution in [-0.2, 0) is 14.3 Å². The Labute approximate surface area is 162 Å². The first-order chi connectivity index (χ1) is 13.0. The van der Waals surface area contributed by atoms with Gasteiger partial charge in [0.1, 0.15) is 11.9 Å². The van der Waals surface area contributed by atoms with E-state index in [-0.39, 0.29) is 24.4 Å². The molecule has 1 fully saturated rings. The molecular formula is C19H14BrFN2O4. The van der Waals surface area contributed by atoms with E-state index in [4.69, 9.17) is 4.74 Å². The van der Waals surface area contributed by atoms with Crippen LogP contribution in [0.15, 0.2) is 46.9 Å². The van der Waals surface area contributed by atoms with Crippen LogP contribution in [-0.4, -0.2) is 28.7 Å². The lowest BCUT2D eigenvalue weighted by atomic mass is 10.1. The summed E-state index contributed by atoms with van der Waals surface area (Å²) in [6, 6.07) is 10.2. The Hall–Kier alpha value is -2.74. The van der Waals surface area contributed by atoms with Crippen LogP contribution in [0.1, 0.15) is 35.0 Å². The van der Waals surface area contributed by atoms with Crippen molar-refractivity contribution in [3.8, 4) is 0 Å². The van der Waals surface area contributed by atoms with Crippen LogP contribution in [0.5, 0.6) is 0 Å². The minimum atomic E-state index is -0.950. The van der Waals surface area contributed by atoms with E-state index in [9.17, 15) is 18.8 Å². The molecule has 1 N–H and O–H groups in total. The number of benzene rings is 2. The number of nitrogens with zero attached hydrogens (tertiary/aromatic N) is 1. The van der Waals surface area contributed by atoms with Gasteiger partial charge in [0.15, 0.2) is 0 Å². The zero-order valence-electron chi connectivity index (χ0n) is 13.9. The van der Waals surface area contributed by atoms with Gasteiger partial charge in [-0.15, -0.1) is 0 Å². The molecule has 2 aromatic carbocycles. The molecule has 2 amide bonds. The van der Waals surface area contributed by atoms with Crippen molar-refractivity contribution in [3.05, 3.63) is 63.9 Å². The number of ether oxygens (including phenoxy) is 1. The zero-order valence-corrected chi connectivity index (χ0v) is 15.5. The number of rotatable bonds is 3. The molecule has 4 rings (SSSR count). The molecule has 2 aromatic rings. The van der Waals surface area contributed by atoms with Crippen molar-refractivity contribution < 1.29 is 23.5 Å². The fraction of sp³-hybridized carbons (Fsp3) is 0.211. The van der Waals surface area contributed by atoms with Crippen LogP contribution in [0.2, 0.25) is 0 Å². The first-order valence-corrected chi connectivity index (χ1v) is 9.12. The van der Waals surface area contributed by atoms with Crippen molar-refractivity contribution >= 4 is 39.4 Å². The van der Waals surface area contributed by atoms with Gasteiger partial charge in [-0.05, 0) is 30.7 Å². The fourth-order valence-electron chi connectivity index (χ4n) is 3.39. The molecule has 0 radical (unpaired) electrons. The Bertz CT molecular complexity index is 964. The van der Waals surface area contributed by atoms with Gasteiger partial charge in [-0.2, -0.15) is 0 Å². The molecule has 2 atom stereocenters. The molecule has 0 spiro atoms. The highest BCUT2D eigenvalue weighted by Crippen LogP contribution is 2.38. The van der Waals surface area contributed by atoms with Crippen LogP contribution in [0.25, 0.3) is 0 Å². The molecule has 8 heteroatoms. The number of fused-ring (bicyclic) bond motifs is 1. The topological polar surface area (TPSA) is 75.7 Å². The molecule has 0 aromatic heterocycles. The molecule has 138 valence electrons. The molecule has 0 bridgehead atoms. The van der Waals surface area contributed by atoms with Crippen molar-refractivity contribution in [3.63, 3.8) is 0 Å². The van der Waals surface area contributed by atoms with Crippen LogP contribution in [0.3, 0.4) is 0 Å². The first-order valence-electron chi connectivity index (χ1n) is 8.32. The maximum Gasteiger partial charge on any atom is 0.340 e. The molecule has 0 unspecified atom stereocenters. The third-order valence-corrected chi connectivity index (χ3v) is 5.16. The predicted molar refractivity (Wildman–Crippen MR) is 97.2 cm³/mol. The molecule has 0 aliphatic carbocycles. The van der Waals surface area contributed by atoms with Gasteiger partial charge in [0.25, 0.3) is 0 Å². The average Bonchev–Trinajstić information content (AvgIpc) is 3.18. The second-order valence-corrected chi connectivity index (χ2v) is 7.23. The van der Waals surface area contributed by atoms with E-state index in [2.05, 4.69) is 21.2 Å². The summed E-state index contributed by atoms with van der Waals surface area (Å²) >= 11 is 3.16. The highest BCUT2D eigenvalue weighted by Gasteiger charge is 2.46. The second-order valence-electron chi connectivity index (χ2n) is 6.31. The second kappa shape index (κ2) is 6.77. The maximum absolute atomic E-state index is 14.0. The van der Waals surface area contributed by atoms with Crippen LogP contribution >= 0.6 is 15.9 Å². The normalized spacial score (nSPS) is 21.2. The smallest absolute Gasteiger partial charge is 0.340 e. The minimum Gasteiger partial charge on any atom is -0.433 e.